The Labute approximate surface area is 146 Å². The molecule has 0 bridgehead atoms. The minimum atomic E-state index is -1.11. The number of nitrogens with zero attached hydrogens (tertiary/aromatic N) is 2. The van der Waals surface area contributed by atoms with Gasteiger partial charge in [-0.2, -0.15) is 0 Å². The Hall–Kier alpha value is -2.45. The average molecular weight is 361 g/mol. The molecule has 1 amide bonds. The molecular formula is C16H15N3O3S2. The second kappa shape index (κ2) is 6.58. The van der Waals surface area contributed by atoms with Crippen LogP contribution in [0.25, 0.3) is 9.53 Å². The summed E-state index contributed by atoms with van der Waals surface area (Å²) < 4.78 is 6.23. The van der Waals surface area contributed by atoms with E-state index in [1.807, 2.05) is 25.1 Å². The number of thiazole rings is 1. The molecule has 1 aromatic carbocycles. The van der Waals surface area contributed by atoms with Gasteiger partial charge in [0.25, 0.3) is 5.91 Å². The van der Waals surface area contributed by atoms with Gasteiger partial charge in [-0.25, -0.2) is 9.78 Å². The van der Waals surface area contributed by atoms with Crippen LogP contribution in [0.4, 0.5) is 5.13 Å². The molecule has 6 nitrogen and oxygen atoms in total. The quantitative estimate of drug-likeness (QED) is 0.706. The largest absolute Gasteiger partial charge is 0.443 e. The summed E-state index contributed by atoms with van der Waals surface area (Å²) in [6, 6.07) is 10.4. The fourth-order valence-corrected chi connectivity index (χ4v) is 4.12. The zero-order valence-corrected chi connectivity index (χ0v) is 14.7. The predicted molar refractivity (Wildman–Crippen MR) is 95.6 cm³/mol. The van der Waals surface area contributed by atoms with Crippen LogP contribution < -0.4 is 10.6 Å². The number of nitrogens with two attached hydrogens (primary N) is 1. The lowest BCUT2D eigenvalue weighted by atomic mass is 10.1. The van der Waals surface area contributed by atoms with Gasteiger partial charge in [0.1, 0.15) is 9.71 Å². The van der Waals surface area contributed by atoms with Crippen LogP contribution in [0.3, 0.4) is 0 Å². The first-order valence-electron chi connectivity index (χ1n) is 7.08. The Morgan fingerprint density at radius 3 is 2.50 bits per heavy atom. The number of carbonyl (C=O) groups is 2. The normalized spacial score (nSPS) is 12.1. The van der Waals surface area contributed by atoms with Crippen molar-refractivity contribution in [2.75, 3.05) is 19.0 Å². The highest BCUT2D eigenvalue weighted by Gasteiger charge is 2.25. The van der Waals surface area contributed by atoms with Gasteiger partial charge in [0.15, 0.2) is 5.13 Å². The first-order valence-corrected chi connectivity index (χ1v) is 8.72. The van der Waals surface area contributed by atoms with E-state index < -0.39 is 18.0 Å². The predicted octanol–water partition coefficient (Wildman–Crippen LogP) is 2.81. The number of thiophene rings is 1. The van der Waals surface area contributed by atoms with E-state index in [4.69, 9.17) is 10.5 Å². The van der Waals surface area contributed by atoms with E-state index in [1.54, 1.807) is 30.3 Å². The van der Waals surface area contributed by atoms with E-state index in [0.29, 0.717) is 10.4 Å². The monoisotopic (exact) mass is 361 g/mol. The van der Waals surface area contributed by atoms with E-state index in [2.05, 4.69) is 4.98 Å². The molecule has 2 heterocycles. The molecule has 0 saturated carbocycles. The molecule has 2 N–H and O–H groups in total. The van der Waals surface area contributed by atoms with Crippen LogP contribution in [0.15, 0.2) is 36.4 Å². The molecular weight excluding hydrogens is 346 g/mol. The second-order valence-electron chi connectivity index (χ2n) is 5.27. The third kappa shape index (κ3) is 3.24. The third-order valence-electron chi connectivity index (χ3n) is 3.25. The van der Waals surface area contributed by atoms with Crippen molar-refractivity contribution in [3.8, 4) is 0 Å². The molecule has 0 fully saturated rings. The van der Waals surface area contributed by atoms with Crippen LogP contribution in [0.1, 0.15) is 21.3 Å². The molecule has 0 aliphatic carbocycles. The van der Waals surface area contributed by atoms with E-state index in [1.165, 1.54) is 22.7 Å². The SMILES string of the molecule is CN(C)c1nc2sc(C(=O)OC(C(N)=O)c3ccccc3)cc2s1. The number of amides is 1. The minimum Gasteiger partial charge on any atom is -0.443 e. The molecule has 0 saturated heterocycles. The van der Waals surface area contributed by atoms with E-state index in [0.717, 1.165) is 14.7 Å². The molecule has 1 atom stereocenters. The number of anilines is 1. The van der Waals surface area contributed by atoms with Gasteiger partial charge >= 0.3 is 5.97 Å². The summed E-state index contributed by atoms with van der Waals surface area (Å²) in [5.74, 6) is -1.29. The van der Waals surface area contributed by atoms with E-state index in [-0.39, 0.29) is 0 Å². The lowest BCUT2D eigenvalue weighted by Crippen LogP contribution is -2.26. The van der Waals surface area contributed by atoms with Gasteiger partial charge in [-0.1, -0.05) is 41.7 Å². The topological polar surface area (TPSA) is 85.5 Å². The Bertz CT molecular complexity index is 855. The van der Waals surface area contributed by atoms with Crippen molar-refractivity contribution in [1.82, 2.24) is 4.98 Å². The summed E-state index contributed by atoms with van der Waals surface area (Å²) in [5.41, 5.74) is 5.92. The van der Waals surface area contributed by atoms with Crippen LogP contribution in [0, 0.1) is 0 Å². The summed E-state index contributed by atoms with van der Waals surface area (Å²) >= 11 is 2.73. The molecule has 0 aliphatic rings. The Morgan fingerprint density at radius 1 is 1.21 bits per heavy atom. The number of fused-ring (bicyclic) bond motifs is 1. The highest BCUT2D eigenvalue weighted by molar-refractivity contribution is 7.29. The molecule has 0 radical (unpaired) electrons. The van der Waals surface area contributed by atoms with Crippen LogP contribution in [0.5, 0.6) is 0 Å². The number of ether oxygens (including phenoxy) is 1. The van der Waals surface area contributed by atoms with Gasteiger partial charge < -0.3 is 15.4 Å². The van der Waals surface area contributed by atoms with Crippen molar-refractivity contribution in [2.24, 2.45) is 5.73 Å². The molecule has 8 heteroatoms. The second-order valence-corrected chi connectivity index (χ2v) is 7.31. The van der Waals surface area contributed by atoms with Crippen molar-refractivity contribution in [2.45, 2.75) is 6.10 Å². The van der Waals surface area contributed by atoms with Gasteiger partial charge in [0.2, 0.25) is 6.10 Å². The fourth-order valence-electron chi connectivity index (χ4n) is 2.10. The summed E-state index contributed by atoms with van der Waals surface area (Å²) in [4.78, 5) is 31.5. The number of esters is 1. The summed E-state index contributed by atoms with van der Waals surface area (Å²) in [6.07, 6.45) is -1.11. The lowest BCUT2D eigenvalue weighted by Gasteiger charge is -2.14. The Kier molecular flexibility index (Phi) is 4.50. The minimum absolute atomic E-state index is 0.399. The first-order chi connectivity index (χ1) is 11.5. The number of aromatic nitrogens is 1. The van der Waals surface area contributed by atoms with Crippen LogP contribution in [-0.4, -0.2) is 31.0 Å². The maximum atomic E-state index is 12.4. The van der Waals surface area contributed by atoms with E-state index >= 15 is 0 Å². The number of carbonyl (C=O) groups excluding carboxylic acids is 2. The summed E-state index contributed by atoms with van der Waals surface area (Å²) in [6.45, 7) is 0. The maximum Gasteiger partial charge on any atom is 0.349 e. The van der Waals surface area contributed by atoms with Crippen molar-refractivity contribution in [3.05, 3.63) is 46.8 Å². The standard InChI is InChI=1S/C16H15N3O3S2/c1-19(2)16-18-14-10(24-16)8-11(23-14)15(21)22-12(13(17)20)9-6-4-3-5-7-9/h3-8,12H,1-2H3,(H2,17,20). The van der Waals surface area contributed by atoms with E-state index in [9.17, 15) is 9.59 Å². The Balaban J connectivity index is 1.83. The van der Waals surface area contributed by atoms with Gasteiger partial charge in [0.05, 0.1) is 4.70 Å². The van der Waals surface area contributed by atoms with Crippen molar-refractivity contribution in [3.63, 3.8) is 0 Å². The first kappa shape index (κ1) is 16.4. The highest BCUT2D eigenvalue weighted by Crippen LogP contribution is 2.34. The molecule has 124 valence electrons. The zero-order valence-electron chi connectivity index (χ0n) is 13.1. The zero-order chi connectivity index (χ0) is 17.3. The fraction of sp³-hybridized carbons (Fsp3) is 0.188. The number of benzene rings is 1. The van der Waals surface area contributed by atoms with Crippen LogP contribution in [0.2, 0.25) is 0 Å². The molecule has 0 spiro atoms. The van der Waals surface area contributed by atoms with Crippen molar-refractivity contribution in [1.29, 1.82) is 0 Å². The molecule has 0 aliphatic heterocycles. The van der Waals surface area contributed by atoms with Gasteiger partial charge in [0, 0.05) is 19.7 Å². The van der Waals surface area contributed by atoms with Gasteiger partial charge in [-0.3, -0.25) is 4.79 Å². The molecule has 1 unspecified atom stereocenters. The van der Waals surface area contributed by atoms with Crippen molar-refractivity contribution >= 4 is 49.2 Å². The summed E-state index contributed by atoms with van der Waals surface area (Å²) in [7, 11) is 3.82. The molecule has 3 aromatic rings. The summed E-state index contributed by atoms with van der Waals surface area (Å²) in [5, 5.41) is 0.871. The smallest absolute Gasteiger partial charge is 0.349 e. The van der Waals surface area contributed by atoms with Gasteiger partial charge in [-0.05, 0) is 6.07 Å². The highest BCUT2D eigenvalue weighted by atomic mass is 32.1. The lowest BCUT2D eigenvalue weighted by molar-refractivity contribution is -0.127. The Morgan fingerprint density at radius 2 is 1.92 bits per heavy atom. The van der Waals surface area contributed by atoms with Gasteiger partial charge in [-0.15, -0.1) is 11.3 Å². The maximum absolute atomic E-state index is 12.4. The van der Waals surface area contributed by atoms with Crippen LogP contribution >= 0.6 is 22.7 Å². The van der Waals surface area contributed by atoms with Crippen LogP contribution in [-0.2, 0) is 9.53 Å². The number of hydrogen-bond acceptors (Lipinski definition) is 7. The number of primary amides is 1. The average Bonchev–Trinajstić information content (AvgIpc) is 3.11. The van der Waals surface area contributed by atoms with Crippen molar-refractivity contribution < 1.29 is 14.3 Å². The number of hydrogen-bond donors (Lipinski definition) is 1. The molecule has 24 heavy (non-hydrogen) atoms. The molecule has 2 aromatic heterocycles. The number of rotatable bonds is 5. The third-order valence-corrected chi connectivity index (χ3v) is 5.56. The molecule has 3 rings (SSSR count).